The molecule has 0 saturated carbocycles. The zero-order chi connectivity index (χ0) is 11.6. The zero-order valence-electron chi connectivity index (χ0n) is 9.21. The molecule has 3 N–H and O–H groups in total. The number of nitrogens with two attached hydrogens (primary N) is 1. The van der Waals surface area contributed by atoms with E-state index in [1.165, 1.54) is 12.1 Å². The average Bonchev–Trinajstić information content (AvgIpc) is 2.17. The number of halogens is 3. The van der Waals surface area contributed by atoms with Crippen LogP contribution in [-0.4, -0.2) is 11.7 Å². The molecule has 0 heterocycles. The summed E-state index contributed by atoms with van der Waals surface area (Å²) in [7, 11) is 0. The van der Waals surface area contributed by atoms with Crippen LogP contribution in [0.2, 0.25) is 0 Å². The van der Waals surface area contributed by atoms with Crippen LogP contribution >= 0.6 is 28.3 Å². The second kappa shape index (κ2) is 5.96. The first-order valence-electron chi connectivity index (χ1n) is 4.70. The molecule has 1 rings (SSSR count). The van der Waals surface area contributed by atoms with Crippen molar-refractivity contribution in [1.82, 2.24) is 0 Å². The lowest BCUT2D eigenvalue weighted by Crippen LogP contribution is -2.32. The molecule has 0 saturated heterocycles. The Hall–Kier alpha value is -0.160. The Bertz CT molecular complexity index is 360. The maximum Gasteiger partial charge on any atom is 0.124 e. The summed E-state index contributed by atoms with van der Waals surface area (Å²) >= 11 is 3.27. The van der Waals surface area contributed by atoms with Gasteiger partial charge in [-0.25, -0.2) is 4.39 Å². The van der Waals surface area contributed by atoms with E-state index in [0.717, 1.165) is 5.56 Å². The van der Waals surface area contributed by atoms with Gasteiger partial charge in [-0.2, -0.15) is 0 Å². The van der Waals surface area contributed by atoms with Gasteiger partial charge in [-0.05, 0) is 17.7 Å². The van der Waals surface area contributed by atoms with E-state index in [9.17, 15) is 9.50 Å². The Morgan fingerprint density at radius 3 is 2.50 bits per heavy atom. The smallest absolute Gasteiger partial charge is 0.124 e. The van der Waals surface area contributed by atoms with Gasteiger partial charge in [-0.3, -0.25) is 0 Å². The van der Waals surface area contributed by atoms with Crippen molar-refractivity contribution < 1.29 is 9.50 Å². The molecule has 2 nitrogen and oxygen atoms in total. The average molecular weight is 313 g/mol. The van der Waals surface area contributed by atoms with Crippen molar-refractivity contribution in [3.63, 3.8) is 0 Å². The summed E-state index contributed by atoms with van der Waals surface area (Å²) in [5.41, 5.74) is 6.39. The number of hydrogen-bond donors (Lipinski definition) is 2. The number of hydrogen-bond acceptors (Lipinski definition) is 2. The fourth-order valence-electron chi connectivity index (χ4n) is 1.27. The largest absolute Gasteiger partial charge is 0.396 e. The molecule has 0 radical (unpaired) electrons. The molecule has 0 aromatic heterocycles. The summed E-state index contributed by atoms with van der Waals surface area (Å²) in [4.78, 5) is 0. The molecule has 0 spiro atoms. The van der Waals surface area contributed by atoms with Gasteiger partial charge in [0.1, 0.15) is 5.82 Å². The fourth-order valence-corrected chi connectivity index (χ4v) is 1.87. The number of rotatable bonds is 3. The molecule has 0 bridgehead atoms. The highest BCUT2D eigenvalue weighted by Gasteiger charge is 2.28. The van der Waals surface area contributed by atoms with Gasteiger partial charge in [0, 0.05) is 22.5 Å². The van der Waals surface area contributed by atoms with Crippen LogP contribution in [0.3, 0.4) is 0 Å². The van der Waals surface area contributed by atoms with Crippen LogP contribution in [0, 0.1) is 11.2 Å². The van der Waals surface area contributed by atoms with Gasteiger partial charge >= 0.3 is 0 Å². The lowest BCUT2D eigenvalue weighted by atomic mass is 9.82. The number of aliphatic hydroxyl groups is 1. The highest BCUT2D eigenvalue weighted by Crippen LogP contribution is 2.34. The molecule has 0 amide bonds. The molecule has 92 valence electrons. The van der Waals surface area contributed by atoms with Gasteiger partial charge in [0.15, 0.2) is 0 Å². The van der Waals surface area contributed by atoms with Crippen molar-refractivity contribution >= 4 is 28.3 Å². The fraction of sp³-hybridized carbons (Fsp3) is 0.455. The van der Waals surface area contributed by atoms with Crippen LogP contribution in [0.4, 0.5) is 4.39 Å². The molecule has 1 aromatic carbocycles. The zero-order valence-corrected chi connectivity index (χ0v) is 11.6. The van der Waals surface area contributed by atoms with Gasteiger partial charge in [0.05, 0.1) is 0 Å². The van der Waals surface area contributed by atoms with Crippen molar-refractivity contribution in [1.29, 1.82) is 0 Å². The first-order valence-corrected chi connectivity index (χ1v) is 5.49. The van der Waals surface area contributed by atoms with E-state index in [1.54, 1.807) is 6.07 Å². The summed E-state index contributed by atoms with van der Waals surface area (Å²) in [6.07, 6.45) is 0. The third-order valence-corrected chi connectivity index (χ3v) is 3.23. The van der Waals surface area contributed by atoms with E-state index < -0.39 is 5.41 Å². The van der Waals surface area contributed by atoms with Gasteiger partial charge in [-0.15, -0.1) is 12.4 Å². The van der Waals surface area contributed by atoms with Crippen molar-refractivity contribution in [2.75, 3.05) is 6.61 Å². The van der Waals surface area contributed by atoms with E-state index >= 15 is 0 Å². The van der Waals surface area contributed by atoms with Crippen molar-refractivity contribution in [2.45, 2.75) is 19.9 Å². The standard InChI is InChI=1S/C11H15BrFNO.ClH/c1-11(2,6-15)10(14)8-4-3-7(13)5-9(8)12;/h3-5,10,15H,6,14H2,1-2H3;1H/t10-;/m1./s1. The van der Waals surface area contributed by atoms with Crippen LogP contribution in [0.25, 0.3) is 0 Å². The highest BCUT2D eigenvalue weighted by molar-refractivity contribution is 9.10. The third-order valence-electron chi connectivity index (χ3n) is 2.55. The molecule has 1 atom stereocenters. The van der Waals surface area contributed by atoms with E-state index in [0.29, 0.717) is 4.47 Å². The summed E-state index contributed by atoms with van der Waals surface area (Å²) in [5.74, 6) is -0.306. The predicted octanol–water partition coefficient (Wildman–Crippen LogP) is 3.03. The van der Waals surface area contributed by atoms with E-state index in [1.807, 2.05) is 13.8 Å². The normalized spacial score (nSPS) is 13.1. The van der Waals surface area contributed by atoms with Crippen molar-refractivity contribution in [2.24, 2.45) is 11.1 Å². The maximum atomic E-state index is 12.9. The van der Waals surface area contributed by atoms with Gasteiger partial charge < -0.3 is 10.8 Å². The topological polar surface area (TPSA) is 46.2 Å². The Morgan fingerprint density at radius 2 is 2.06 bits per heavy atom. The quantitative estimate of drug-likeness (QED) is 0.901. The number of aliphatic hydroxyl groups excluding tert-OH is 1. The molecule has 0 aliphatic rings. The summed E-state index contributed by atoms with van der Waals surface area (Å²) in [6.45, 7) is 3.72. The molecular formula is C11H16BrClFNO. The molecule has 1 aromatic rings. The van der Waals surface area contributed by atoms with Gasteiger partial charge in [0.25, 0.3) is 0 Å². The van der Waals surface area contributed by atoms with Crippen LogP contribution < -0.4 is 5.73 Å². The minimum atomic E-state index is -0.430. The first kappa shape index (κ1) is 15.8. The summed E-state index contributed by atoms with van der Waals surface area (Å²) < 4.78 is 13.5. The van der Waals surface area contributed by atoms with Crippen molar-refractivity contribution in [3.8, 4) is 0 Å². The number of benzene rings is 1. The third kappa shape index (κ3) is 3.42. The predicted molar refractivity (Wildman–Crippen MR) is 69.1 cm³/mol. The summed E-state index contributed by atoms with van der Waals surface area (Å²) in [5, 5.41) is 9.20. The van der Waals surface area contributed by atoms with Crippen molar-refractivity contribution in [3.05, 3.63) is 34.1 Å². The van der Waals surface area contributed by atoms with Crippen LogP contribution in [0.5, 0.6) is 0 Å². The molecule has 0 aliphatic carbocycles. The van der Waals surface area contributed by atoms with E-state index in [4.69, 9.17) is 5.73 Å². The molecular weight excluding hydrogens is 296 g/mol. The lowest BCUT2D eigenvalue weighted by molar-refractivity contribution is 0.132. The molecule has 5 heteroatoms. The summed E-state index contributed by atoms with van der Waals surface area (Å²) in [6, 6.07) is 4.05. The first-order chi connectivity index (χ1) is 6.88. The Morgan fingerprint density at radius 1 is 1.50 bits per heavy atom. The molecule has 0 aliphatic heterocycles. The molecule has 16 heavy (non-hydrogen) atoms. The van der Waals surface area contributed by atoms with E-state index in [2.05, 4.69) is 15.9 Å². The minimum Gasteiger partial charge on any atom is -0.396 e. The second-order valence-electron chi connectivity index (χ2n) is 4.29. The lowest BCUT2D eigenvalue weighted by Gasteiger charge is -2.30. The second-order valence-corrected chi connectivity index (χ2v) is 5.14. The molecule has 0 fully saturated rings. The van der Waals surface area contributed by atoms with Crippen LogP contribution in [-0.2, 0) is 0 Å². The van der Waals surface area contributed by atoms with Gasteiger partial charge in [-0.1, -0.05) is 35.8 Å². The Kier molecular flexibility index (Phi) is 5.90. The van der Waals surface area contributed by atoms with Gasteiger partial charge in [0.2, 0.25) is 0 Å². The monoisotopic (exact) mass is 311 g/mol. The maximum absolute atomic E-state index is 12.9. The van der Waals surface area contributed by atoms with Crippen LogP contribution in [0.1, 0.15) is 25.5 Å². The molecule has 0 unspecified atom stereocenters. The van der Waals surface area contributed by atoms with E-state index in [-0.39, 0.29) is 30.9 Å². The Balaban J connectivity index is 0.00000225. The Labute approximate surface area is 110 Å². The minimum absolute atomic E-state index is 0. The SMILES string of the molecule is CC(C)(CO)[C@H](N)c1ccc(F)cc1Br.Cl. The highest BCUT2D eigenvalue weighted by atomic mass is 79.9. The van der Waals surface area contributed by atoms with Crippen LogP contribution in [0.15, 0.2) is 22.7 Å².